The predicted molar refractivity (Wildman–Crippen MR) is 160 cm³/mol. The molecular formula is C33H50N4O. The molecule has 3 aromatic rings. The lowest BCUT2D eigenvalue weighted by Crippen LogP contribution is -2.46. The van der Waals surface area contributed by atoms with Crippen LogP contribution in [0.5, 0.6) is 0 Å². The molecule has 0 saturated carbocycles. The van der Waals surface area contributed by atoms with Gasteiger partial charge in [0.2, 0.25) is 0 Å². The maximum atomic E-state index is 13.2. The van der Waals surface area contributed by atoms with E-state index in [-0.39, 0.29) is 12.1 Å². The lowest BCUT2D eigenvalue weighted by atomic mass is 9.96. The van der Waals surface area contributed by atoms with Crippen LogP contribution in [-0.2, 0) is 12.8 Å². The van der Waals surface area contributed by atoms with Crippen LogP contribution in [0.1, 0.15) is 97.6 Å². The van der Waals surface area contributed by atoms with Crippen molar-refractivity contribution in [2.24, 2.45) is 5.92 Å². The van der Waals surface area contributed by atoms with E-state index in [9.17, 15) is 4.79 Å². The minimum absolute atomic E-state index is 0.0780. The van der Waals surface area contributed by atoms with Crippen molar-refractivity contribution >= 4 is 6.03 Å². The Kier molecular flexibility index (Phi) is 14.4. The summed E-state index contributed by atoms with van der Waals surface area (Å²) in [7, 11) is 0. The Hall–Kier alpha value is -2.95. The number of rotatable bonds is 8. The van der Waals surface area contributed by atoms with Gasteiger partial charge >= 0.3 is 6.03 Å². The van der Waals surface area contributed by atoms with E-state index < -0.39 is 0 Å². The number of carbonyl (C=O) groups excluding carboxylic acids is 1. The fourth-order valence-electron chi connectivity index (χ4n) is 4.75. The molecule has 4 rings (SSSR count). The number of hydrogen-bond acceptors (Lipinski definition) is 3. The maximum Gasteiger partial charge on any atom is 0.346 e. The van der Waals surface area contributed by atoms with Crippen molar-refractivity contribution in [2.45, 2.75) is 105 Å². The van der Waals surface area contributed by atoms with Gasteiger partial charge in [-0.1, -0.05) is 127 Å². The molecule has 1 aromatic heterocycles. The summed E-state index contributed by atoms with van der Waals surface area (Å²) in [6.45, 7) is 13.7. The lowest BCUT2D eigenvalue weighted by Gasteiger charge is -2.35. The van der Waals surface area contributed by atoms with Crippen LogP contribution in [0.25, 0.3) is 11.3 Å². The first-order valence-electron chi connectivity index (χ1n) is 14.9. The van der Waals surface area contributed by atoms with Crippen molar-refractivity contribution in [3.8, 4) is 11.3 Å². The van der Waals surface area contributed by atoms with Crippen LogP contribution in [0.3, 0.4) is 0 Å². The first-order chi connectivity index (χ1) is 18.5. The molecule has 5 heteroatoms. The summed E-state index contributed by atoms with van der Waals surface area (Å²) in [5.41, 5.74) is 4.30. The monoisotopic (exact) mass is 518 g/mol. The van der Waals surface area contributed by atoms with Gasteiger partial charge < -0.3 is 4.90 Å². The van der Waals surface area contributed by atoms with E-state index >= 15 is 0 Å². The number of nitrogens with zero attached hydrogens (tertiary/aromatic N) is 4. The number of benzene rings is 2. The van der Waals surface area contributed by atoms with E-state index in [1.165, 1.54) is 41.5 Å². The van der Waals surface area contributed by atoms with Crippen LogP contribution in [0.4, 0.5) is 4.79 Å². The zero-order valence-corrected chi connectivity index (χ0v) is 24.7. The third-order valence-electron chi connectivity index (χ3n) is 6.73. The number of aromatic nitrogens is 3. The molecule has 0 N–H and O–H groups in total. The second-order valence-corrected chi connectivity index (χ2v) is 10.4. The Morgan fingerprint density at radius 2 is 1.58 bits per heavy atom. The molecule has 0 spiro atoms. The van der Waals surface area contributed by atoms with Crippen LogP contribution in [0.2, 0.25) is 0 Å². The molecule has 1 aliphatic rings. The number of likely N-dealkylation sites (tertiary alicyclic amines) is 1. The second kappa shape index (κ2) is 17.5. The standard InChI is InChI=1S/C25H30N4O.C6H14.C2H6/c1-19(2)16-21-11-13-22(14-12-21)24-18-29(27-26-24)25(30)28-15-7-6-10-23(28)17-20-8-4-3-5-9-20;1-3-5-6-4-2;1-2/h3-5,8-9,11-14,18-19,23H,6-7,10,15-17H2,1-2H3;3-6H2,1-2H3;1-2H3. The maximum absolute atomic E-state index is 13.2. The van der Waals surface area contributed by atoms with Gasteiger partial charge in [-0.05, 0) is 49.1 Å². The van der Waals surface area contributed by atoms with Crippen molar-refractivity contribution < 1.29 is 4.79 Å². The van der Waals surface area contributed by atoms with Crippen molar-refractivity contribution in [2.75, 3.05) is 6.54 Å². The smallest absolute Gasteiger partial charge is 0.320 e. The molecule has 2 aromatic carbocycles. The Bertz CT molecular complexity index is 1020. The van der Waals surface area contributed by atoms with Gasteiger partial charge in [-0.3, -0.25) is 0 Å². The molecule has 1 fully saturated rings. The molecule has 1 amide bonds. The number of piperidine rings is 1. The molecule has 1 unspecified atom stereocenters. The third-order valence-corrected chi connectivity index (χ3v) is 6.73. The Morgan fingerprint density at radius 1 is 0.921 bits per heavy atom. The summed E-state index contributed by atoms with van der Waals surface area (Å²) < 4.78 is 1.40. The Morgan fingerprint density at radius 3 is 2.18 bits per heavy atom. The van der Waals surface area contributed by atoms with Crippen molar-refractivity contribution in [3.05, 3.63) is 71.9 Å². The minimum Gasteiger partial charge on any atom is -0.320 e. The van der Waals surface area contributed by atoms with Crippen LogP contribution >= 0.6 is 0 Å². The molecule has 1 atom stereocenters. The topological polar surface area (TPSA) is 51.0 Å². The van der Waals surface area contributed by atoms with Crippen molar-refractivity contribution in [1.29, 1.82) is 0 Å². The van der Waals surface area contributed by atoms with E-state index in [0.717, 1.165) is 49.9 Å². The summed E-state index contributed by atoms with van der Waals surface area (Å²) in [4.78, 5) is 15.2. The van der Waals surface area contributed by atoms with Gasteiger partial charge in [-0.25, -0.2) is 4.79 Å². The summed E-state index contributed by atoms with van der Waals surface area (Å²) in [6, 6.07) is 18.9. The van der Waals surface area contributed by atoms with Crippen molar-refractivity contribution in [3.63, 3.8) is 0 Å². The summed E-state index contributed by atoms with van der Waals surface area (Å²) in [5.74, 6) is 0.628. The first-order valence-corrected chi connectivity index (χ1v) is 14.9. The molecule has 1 saturated heterocycles. The van der Waals surface area contributed by atoms with Crippen LogP contribution in [-0.4, -0.2) is 38.5 Å². The molecular weight excluding hydrogens is 468 g/mol. The van der Waals surface area contributed by atoms with E-state index in [2.05, 4.69) is 86.5 Å². The van der Waals surface area contributed by atoms with E-state index in [4.69, 9.17) is 0 Å². The third kappa shape index (κ3) is 10.1. The first kappa shape index (κ1) is 31.3. The van der Waals surface area contributed by atoms with E-state index in [1.54, 1.807) is 6.20 Å². The number of carbonyl (C=O) groups is 1. The number of hydrogen-bond donors (Lipinski definition) is 0. The van der Waals surface area contributed by atoms with Crippen LogP contribution < -0.4 is 0 Å². The minimum atomic E-state index is -0.0780. The molecule has 0 radical (unpaired) electrons. The van der Waals surface area contributed by atoms with E-state index in [1.807, 2.05) is 24.8 Å². The van der Waals surface area contributed by atoms with E-state index in [0.29, 0.717) is 5.92 Å². The number of amides is 1. The highest BCUT2D eigenvalue weighted by molar-refractivity contribution is 5.77. The highest BCUT2D eigenvalue weighted by Crippen LogP contribution is 2.23. The van der Waals surface area contributed by atoms with Gasteiger partial charge in [0.1, 0.15) is 5.69 Å². The van der Waals surface area contributed by atoms with Gasteiger partial charge in [0.25, 0.3) is 0 Å². The van der Waals surface area contributed by atoms with Crippen LogP contribution in [0, 0.1) is 5.92 Å². The fourth-order valence-corrected chi connectivity index (χ4v) is 4.75. The molecule has 5 nitrogen and oxygen atoms in total. The van der Waals surface area contributed by atoms with Gasteiger partial charge in [0, 0.05) is 18.2 Å². The van der Waals surface area contributed by atoms with Crippen molar-refractivity contribution in [1.82, 2.24) is 19.9 Å². The summed E-state index contributed by atoms with van der Waals surface area (Å²) in [6.07, 6.45) is 12.5. The molecule has 0 aliphatic carbocycles. The molecule has 38 heavy (non-hydrogen) atoms. The molecule has 208 valence electrons. The SMILES string of the molecule is CC.CC(C)Cc1ccc(-c2cn(C(=O)N3CCCCC3Cc3ccccc3)nn2)cc1.CCCCCC. The van der Waals surface area contributed by atoms with Gasteiger partial charge in [-0.2, -0.15) is 4.68 Å². The zero-order valence-electron chi connectivity index (χ0n) is 24.7. The lowest BCUT2D eigenvalue weighted by molar-refractivity contribution is 0.149. The molecule has 0 bridgehead atoms. The fraction of sp³-hybridized carbons (Fsp3) is 0.545. The normalized spacial score (nSPS) is 14.8. The second-order valence-electron chi connectivity index (χ2n) is 10.4. The molecule has 2 heterocycles. The largest absolute Gasteiger partial charge is 0.346 e. The Labute approximate surface area is 231 Å². The highest BCUT2D eigenvalue weighted by atomic mass is 16.2. The molecule has 1 aliphatic heterocycles. The zero-order chi connectivity index (χ0) is 27.8. The van der Waals surface area contributed by atoms with Crippen LogP contribution in [0.15, 0.2) is 60.8 Å². The summed E-state index contributed by atoms with van der Waals surface area (Å²) in [5, 5.41) is 8.42. The van der Waals surface area contributed by atoms with Gasteiger partial charge in [-0.15, -0.1) is 5.10 Å². The number of unbranched alkanes of at least 4 members (excludes halogenated alkanes) is 3. The van der Waals surface area contributed by atoms with Gasteiger partial charge in [0.05, 0.1) is 6.20 Å². The Balaban J connectivity index is 0.000000560. The average molecular weight is 519 g/mol. The highest BCUT2D eigenvalue weighted by Gasteiger charge is 2.28. The van der Waals surface area contributed by atoms with Gasteiger partial charge in [0.15, 0.2) is 0 Å². The quantitative estimate of drug-likeness (QED) is 0.280. The predicted octanol–water partition coefficient (Wildman–Crippen LogP) is 8.82. The summed E-state index contributed by atoms with van der Waals surface area (Å²) >= 11 is 0. The average Bonchev–Trinajstić information content (AvgIpc) is 3.44.